The standard InChI is InChI=1S/C10H11.BrH.Mg/c1-2-3-7-10-8-5-4-6-9-10;;/h2,4-5,8-9H,1,3,7H2;1H;/q-1;;+2/p-1. The Bertz CT molecular complexity index is 196. The van der Waals surface area contributed by atoms with Crippen LogP contribution >= 0.6 is 0 Å². The summed E-state index contributed by atoms with van der Waals surface area (Å²) in [6, 6.07) is 11.1. The van der Waals surface area contributed by atoms with Crippen molar-refractivity contribution in [2.24, 2.45) is 0 Å². The predicted octanol–water partition coefficient (Wildman–Crippen LogP) is -0.771. The van der Waals surface area contributed by atoms with Crippen molar-refractivity contribution in [1.82, 2.24) is 0 Å². The van der Waals surface area contributed by atoms with Crippen LogP contribution in [0.2, 0.25) is 0 Å². The van der Waals surface area contributed by atoms with Gasteiger partial charge >= 0.3 is 23.1 Å². The zero-order chi connectivity index (χ0) is 7.23. The smallest absolute Gasteiger partial charge is 1.00 e. The molecule has 0 aliphatic rings. The first kappa shape index (κ1) is 14.7. The number of hydrogen-bond acceptors (Lipinski definition) is 0. The van der Waals surface area contributed by atoms with Crippen molar-refractivity contribution in [2.45, 2.75) is 12.8 Å². The maximum absolute atomic E-state index is 3.67. The Morgan fingerprint density at radius 3 is 2.75 bits per heavy atom. The Hall–Kier alpha value is 0.206. The first-order valence-electron chi connectivity index (χ1n) is 3.49. The second-order valence-electron chi connectivity index (χ2n) is 2.24. The summed E-state index contributed by atoms with van der Waals surface area (Å²) >= 11 is 0. The molecule has 0 saturated carbocycles. The minimum atomic E-state index is 0. The molecule has 1 aromatic carbocycles. The fourth-order valence-electron chi connectivity index (χ4n) is 0.855. The molecule has 0 fully saturated rings. The topological polar surface area (TPSA) is 0 Å². The third kappa shape index (κ3) is 5.81. The van der Waals surface area contributed by atoms with Crippen LogP contribution in [0.5, 0.6) is 0 Å². The number of aryl methyl sites for hydroxylation is 1. The first-order chi connectivity index (χ1) is 4.93. The summed E-state index contributed by atoms with van der Waals surface area (Å²) < 4.78 is 0. The monoisotopic (exact) mass is 234 g/mol. The summed E-state index contributed by atoms with van der Waals surface area (Å²) in [7, 11) is 0. The number of rotatable bonds is 3. The molecule has 60 valence electrons. The summed E-state index contributed by atoms with van der Waals surface area (Å²) in [5.41, 5.74) is 1.34. The van der Waals surface area contributed by atoms with E-state index in [0.29, 0.717) is 0 Å². The van der Waals surface area contributed by atoms with Crippen molar-refractivity contribution in [3.8, 4) is 0 Å². The van der Waals surface area contributed by atoms with E-state index in [9.17, 15) is 0 Å². The molecule has 0 N–H and O–H groups in total. The molecular formula is C10H11BrMg. The van der Waals surface area contributed by atoms with E-state index >= 15 is 0 Å². The molecule has 1 aromatic rings. The number of halogens is 1. The second-order valence-corrected chi connectivity index (χ2v) is 2.24. The molecule has 1 rings (SSSR count). The molecule has 0 aliphatic carbocycles. The van der Waals surface area contributed by atoms with Gasteiger partial charge in [-0.1, -0.05) is 12.5 Å². The zero-order valence-corrected chi connectivity index (χ0v) is 10.1. The van der Waals surface area contributed by atoms with Crippen molar-refractivity contribution >= 4 is 23.1 Å². The Balaban J connectivity index is 0. The van der Waals surface area contributed by atoms with Gasteiger partial charge in [0.05, 0.1) is 0 Å². The van der Waals surface area contributed by atoms with E-state index in [1.165, 1.54) is 5.56 Å². The zero-order valence-electron chi connectivity index (χ0n) is 7.09. The molecule has 0 unspecified atom stereocenters. The van der Waals surface area contributed by atoms with E-state index in [0.717, 1.165) is 12.8 Å². The van der Waals surface area contributed by atoms with Crippen molar-refractivity contribution in [3.63, 3.8) is 0 Å². The van der Waals surface area contributed by atoms with E-state index < -0.39 is 0 Å². The van der Waals surface area contributed by atoms with Crippen molar-refractivity contribution in [3.05, 3.63) is 48.6 Å². The molecule has 0 amide bonds. The molecule has 2 heteroatoms. The normalized spacial score (nSPS) is 7.67. The van der Waals surface area contributed by atoms with Crippen molar-refractivity contribution in [1.29, 1.82) is 0 Å². The Morgan fingerprint density at radius 2 is 2.25 bits per heavy atom. The van der Waals surface area contributed by atoms with Gasteiger partial charge in [-0.25, -0.2) is 0 Å². The van der Waals surface area contributed by atoms with Crippen LogP contribution in [0.15, 0.2) is 36.9 Å². The van der Waals surface area contributed by atoms with E-state index in [1.807, 2.05) is 24.3 Å². The van der Waals surface area contributed by atoms with Crippen LogP contribution in [-0.4, -0.2) is 23.1 Å². The molecular weight excluding hydrogens is 224 g/mol. The van der Waals surface area contributed by atoms with Crippen LogP contribution in [-0.2, 0) is 6.42 Å². The Labute approximate surface area is 101 Å². The van der Waals surface area contributed by atoms with Gasteiger partial charge in [-0.15, -0.1) is 6.58 Å². The quantitative estimate of drug-likeness (QED) is 0.367. The summed E-state index contributed by atoms with van der Waals surface area (Å²) in [5.74, 6) is 0. The summed E-state index contributed by atoms with van der Waals surface area (Å²) in [6.07, 6.45) is 4.08. The fraction of sp³-hybridized carbons (Fsp3) is 0.200. The Kier molecular flexibility index (Phi) is 11.4. The number of allylic oxidation sites excluding steroid dienone is 1. The number of benzene rings is 1. The molecule has 0 radical (unpaired) electrons. The first-order valence-corrected chi connectivity index (χ1v) is 3.49. The van der Waals surface area contributed by atoms with Gasteiger partial charge in [0, 0.05) is 0 Å². The fourth-order valence-corrected chi connectivity index (χ4v) is 0.855. The molecule has 0 spiro atoms. The van der Waals surface area contributed by atoms with E-state index in [4.69, 9.17) is 0 Å². The Morgan fingerprint density at radius 1 is 1.50 bits per heavy atom. The maximum Gasteiger partial charge on any atom is 2.00 e. The van der Waals surface area contributed by atoms with E-state index in [-0.39, 0.29) is 40.0 Å². The third-order valence-corrected chi connectivity index (χ3v) is 1.41. The SMILES string of the molecule is C=CCCc1c[c-]ccc1.[Br-].[Mg+2]. The van der Waals surface area contributed by atoms with Gasteiger partial charge in [-0.3, -0.25) is 0 Å². The molecule has 0 heterocycles. The van der Waals surface area contributed by atoms with Gasteiger partial charge in [-0.2, -0.15) is 35.9 Å². The van der Waals surface area contributed by atoms with Gasteiger partial charge < -0.3 is 17.0 Å². The van der Waals surface area contributed by atoms with Crippen LogP contribution in [0, 0.1) is 6.07 Å². The molecule has 0 bridgehead atoms. The minimum Gasteiger partial charge on any atom is -1.00 e. The average molecular weight is 235 g/mol. The summed E-state index contributed by atoms with van der Waals surface area (Å²) in [4.78, 5) is 0. The molecule has 12 heavy (non-hydrogen) atoms. The molecule has 0 aromatic heterocycles. The van der Waals surface area contributed by atoms with Crippen LogP contribution in [0.25, 0.3) is 0 Å². The largest absolute Gasteiger partial charge is 2.00 e. The van der Waals surface area contributed by atoms with Gasteiger partial charge in [0.25, 0.3) is 0 Å². The van der Waals surface area contributed by atoms with Crippen LogP contribution < -0.4 is 17.0 Å². The minimum absolute atomic E-state index is 0. The van der Waals surface area contributed by atoms with Crippen molar-refractivity contribution < 1.29 is 17.0 Å². The van der Waals surface area contributed by atoms with E-state index in [1.54, 1.807) is 0 Å². The average Bonchev–Trinajstić information content (AvgIpc) is 2.03. The molecule has 0 aliphatic heterocycles. The third-order valence-electron chi connectivity index (χ3n) is 1.41. The number of hydrogen-bond donors (Lipinski definition) is 0. The van der Waals surface area contributed by atoms with E-state index in [2.05, 4.69) is 18.7 Å². The van der Waals surface area contributed by atoms with Gasteiger partial charge in [0.1, 0.15) is 0 Å². The van der Waals surface area contributed by atoms with Gasteiger partial charge in [0.15, 0.2) is 0 Å². The second kappa shape index (κ2) is 9.30. The van der Waals surface area contributed by atoms with Gasteiger partial charge in [0.2, 0.25) is 0 Å². The van der Waals surface area contributed by atoms with Gasteiger partial charge in [-0.05, 0) is 6.42 Å². The maximum atomic E-state index is 3.67. The summed E-state index contributed by atoms with van der Waals surface area (Å²) in [6.45, 7) is 3.67. The summed E-state index contributed by atoms with van der Waals surface area (Å²) in [5, 5.41) is 0. The van der Waals surface area contributed by atoms with Crippen molar-refractivity contribution in [2.75, 3.05) is 0 Å². The van der Waals surface area contributed by atoms with Crippen LogP contribution in [0.3, 0.4) is 0 Å². The molecule has 0 atom stereocenters. The van der Waals surface area contributed by atoms with Crippen LogP contribution in [0.4, 0.5) is 0 Å². The molecule has 0 nitrogen and oxygen atoms in total. The van der Waals surface area contributed by atoms with Crippen LogP contribution in [0.1, 0.15) is 12.0 Å². The predicted molar refractivity (Wildman–Crippen MR) is 49.6 cm³/mol. The molecule has 0 saturated heterocycles.